The van der Waals surface area contributed by atoms with Crippen LogP contribution in [0.2, 0.25) is 0 Å². The van der Waals surface area contributed by atoms with E-state index < -0.39 is 110 Å². The number of benzene rings is 6. The van der Waals surface area contributed by atoms with E-state index in [2.05, 4.69) is 0 Å². The van der Waals surface area contributed by atoms with Gasteiger partial charge in [0.25, 0.3) is 23.6 Å². The monoisotopic (exact) mass is 1060 g/mol. The van der Waals surface area contributed by atoms with E-state index in [1.54, 1.807) is 36.4 Å². The number of halogens is 1. The zero-order valence-corrected chi connectivity index (χ0v) is 42.5. The number of fused-ring (bicyclic) bond motifs is 3. The zero-order chi connectivity index (χ0) is 53.7. The molecule has 16 nitrogen and oxygen atoms in total. The molecule has 402 valence electrons. The summed E-state index contributed by atoms with van der Waals surface area (Å²) in [4.78, 5) is 74.3. The lowest BCUT2D eigenvalue weighted by Gasteiger charge is -2.54. The fourth-order valence-corrected chi connectivity index (χ4v) is 11.1. The van der Waals surface area contributed by atoms with E-state index in [1.165, 1.54) is 12.1 Å². The second kappa shape index (κ2) is 23.7. The molecule has 0 aromatic heterocycles. The lowest BCUT2D eigenvalue weighted by atomic mass is 9.87. The molecule has 11 rings (SSSR count). The first kappa shape index (κ1) is 52.7. The van der Waals surface area contributed by atoms with E-state index in [9.17, 15) is 24.0 Å². The minimum Gasteiger partial charge on any atom is -0.460 e. The van der Waals surface area contributed by atoms with Gasteiger partial charge in [-0.1, -0.05) is 146 Å². The smallest absolute Gasteiger partial charge is 0.302 e. The second-order valence-corrected chi connectivity index (χ2v) is 19.7. The molecule has 0 spiro atoms. The highest BCUT2D eigenvalue weighted by Crippen LogP contribution is 2.43. The number of nitrogens with zero attached hydrogens (tertiary/aromatic N) is 2. The van der Waals surface area contributed by atoms with Crippen LogP contribution in [0.5, 0.6) is 0 Å². The topological polar surface area (TPSA) is 175 Å². The lowest BCUT2D eigenvalue weighted by Crippen LogP contribution is -2.71. The average molecular weight is 1060 g/mol. The molecule has 0 bridgehead atoms. The molecular weight excluding hydrogens is 1000 g/mol. The van der Waals surface area contributed by atoms with Gasteiger partial charge in [-0.15, -0.1) is 0 Å². The average Bonchev–Trinajstić information content (AvgIpc) is 3.98. The van der Waals surface area contributed by atoms with E-state index in [0.717, 1.165) is 27.9 Å². The first-order chi connectivity index (χ1) is 38.1. The maximum atomic E-state index is 15.1. The molecule has 0 N–H and O–H groups in total. The molecule has 5 aliphatic heterocycles. The second-order valence-electron chi connectivity index (χ2n) is 19.7. The Morgan fingerprint density at radius 2 is 1.04 bits per heavy atom. The summed E-state index contributed by atoms with van der Waals surface area (Å²) in [5, 5.41) is 0. The quantitative estimate of drug-likeness (QED) is 0.0564. The summed E-state index contributed by atoms with van der Waals surface area (Å²) in [6.07, 6.45) is -12.5. The molecule has 0 saturated carbocycles. The number of alkyl halides is 1. The molecular formula is C61H57FN2O14. The molecule has 1 unspecified atom stereocenters. The summed E-state index contributed by atoms with van der Waals surface area (Å²) in [5.41, 5.74) is 3.57. The van der Waals surface area contributed by atoms with Crippen LogP contribution in [0.1, 0.15) is 83.3 Å². The van der Waals surface area contributed by atoms with Gasteiger partial charge in [-0.05, 0) is 41.0 Å². The molecule has 3 saturated heterocycles. The molecule has 0 aliphatic carbocycles. The normalized spacial score (nSPS) is 27.0. The summed E-state index contributed by atoms with van der Waals surface area (Å²) in [6.45, 7) is -0.238. The maximum absolute atomic E-state index is 15.1. The maximum Gasteiger partial charge on any atom is 0.302 e. The van der Waals surface area contributed by atoms with Gasteiger partial charge in [-0.3, -0.25) is 33.8 Å². The number of carbonyl (C=O) groups excluding carboxylic acids is 5. The van der Waals surface area contributed by atoms with Gasteiger partial charge in [0.05, 0.1) is 67.4 Å². The van der Waals surface area contributed by atoms with Crippen LogP contribution in [0.3, 0.4) is 0 Å². The zero-order valence-electron chi connectivity index (χ0n) is 42.5. The Morgan fingerprint density at radius 3 is 1.55 bits per heavy atom. The van der Waals surface area contributed by atoms with Crippen molar-refractivity contribution >= 4 is 29.6 Å². The first-order valence-electron chi connectivity index (χ1n) is 26.0. The van der Waals surface area contributed by atoms with Gasteiger partial charge in [-0.25, -0.2) is 4.39 Å². The van der Waals surface area contributed by atoms with E-state index in [4.69, 9.17) is 42.6 Å². The van der Waals surface area contributed by atoms with Crippen molar-refractivity contribution in [1.29, 1.82) is 0 Å². The van der Waals surface area contributed by atoms with Crippen molar-refractivity contribution in [3.8, 4) is 0 Å². The number of carbonyl (C=O) groups is 5. The van der Waals surface area contributed by atoms with Crippen LogP contribution < -0.4 is 0 Å². The number of hydrogen-bond acceptors (Lipinski definition) is 14. The Bertz CT molecular complexity index is 3010. The van der Waals surface area contributed by atoms with Crippen LogP contribution in [0.15, 0.2) is 170 Å². The third-order valence-electron chi connectivity index (χ3n) is 14.6. The van der Waals surface area contributed by atoms with E-state index in [0.29, 0.717) is 11.1 Å². The lowest BCUT2D eigenvalue weighted by molar-refractivity contribution is -0.371. The first-order valence-corrected chi connectivity index (χ1v) is 26.0. The number of hydrogen-bond donors (Lipinski definition) is 0. The molecule has 6 aromatic carbocycles. The summed E-state index contributed by atoms with van der Waals surface area (Å²) < 4.78 is 75.7. The van der Waals surface area contributed by atoms with E-state index in [1.807, 2.05) is 121 Å². The summed E-state index contributed by atoms with van der Waals surface area (Å²) in [6, 6.07) is 47.3. The summed E-state index contributed by atoms with van der Waals surface area (Å²) in [7, 11) is 0. The largest absolute Gasteiger partial charge is 0.460 e. The molecule has 78 heavy (non-hydrogen) atoms. The number of imide groups is 2. The minimum atomic E-state index is -1.60. The molecule has 3 fully saturated rings. The summed E-state index contributed by atoms with van der Waals surface area (Å²) in [5.74, 6) is -3.38. The third-order valence-corrected chi connectivity index (χ3v) is 14.6. The highest BCUT2D eigenvalue weighted by Gasteiger charge is 2.61. The van der Waals surface area contributed by atoms with Gasteiger partial charge in [0.2, 0.25) is 0 Å². The Balaban J connectivity index is 1.05. The number of esters is 1. The molecule has 17 heteroatoms. The molecule has 0 radical (unpaired) electrons. The predicted octanol–water partition coefficient (Wildman–Crippen LogP) is 7.99. The van der Waals surface area contributed by atoms with Crippen molar-refractivity contribution in [2.24, 2.45) is 0 Å². The van der Waals surface area contributed by atoms with Crippen molar-refractivity contribution in [2.45, 2.75) is 107 Å². The Kier molecular flexibility index (Phi) is 16.0. The Hall–Kier alpha value is -7.32. The van der Waals surface area contributed by atoms with Crippen molar-refractivity contribution in [3.05, 3.63) is 214 Å². The standard InChI is InChI=1S/C61H57FN2O14/c1-37(65)74-42(31-62)30-47-50(63-56(66)43-26-14-15-27-44(43)57(63)67)54(71-33-39-20-8-3-9-21-39)52(48(75-47)35-70-32-38-18-6-2-7-19-38)78-61-51(64-58(68)45-28-16-17-29-46(45)59(64)69)55(72-34-40-22-10-4-11-23-40)53-49(76-61)36-73-60(77-53)41-24-12-5-13-25-41/h2-29,42,47-55,60-61H,30-36H2,1H3/t42?,47-,48+,49+,50-,51+,52+,53+,54+,55+,60+,61-/m0/s1. The molecule has 5 aliphatic rings. The Labute approximate surface area is 449 Å². The van der Waals surface area contributed by atoms with Gasteiger partial charge in [-0.2, -0.15) is 0 Å². The number of amides is 4. The van der Waals surface area contributed by atoms with Gasteiger partial charge >= 0.3 is 5.97 Å². The van der Waals surface area contributed by atoms with Crippen LogP contribution >= 0.6 is 0 Å². The fraction of sp³-hybridized carbons (Fsp3) is 0.328. The molecule has 12 atom stereocenters. The van der Waals surface area contributed by atoms with Gasteiger partial charge in [0.15, 0.2) is 12.6 Å². The highest BCUT2D eigenvalue weighted by atomic mass is 19.1. The van der Waals surface area contributed by atoms with Crippen LogP contribution in [0, 0.1) is 0 Å². The van der Waals surface area contributed by atoms with Crippen LogP contribution in [0.4, 0.5) is 4.39 Å². The highest BCUT2D eigenvalue weighted by molar-refractivity contribution is 6.22. The van der Waals surface area contributed by atoms with Crippen LogP contribution in [0.25, 0.3) is 0 Å². The molecule has 4 amide bonds. The van der Waals surface area contributed by atoms with Crippen molar-refractivity contribution in [1.82, 2.24) is 9.80 Å². The minimum absolute atomic E-state index is 0.00814. The SMILES string of the molecule is CC(=O)OC(CF)C[C@@H]1O[C@H](COCc2ccccc2)[C@@H](O[C@@H]2O[C@@H]3CO[C@@H](c4ccccc4)O[C@H]3[C@H](OCc3ccccc3)[C@H]2N2C(=O)c3ccccc3C2=O)[C@H](OCc2ccccc2)[C@H]1N1C(=O)c2ccccc2C1=O. The molecule has 5 heterocycles. The number of ether oxygens (including phenoxy) is 9. The third kappa shape index (κ3) is 10.9. The van der Waals surface area contributed by atoms with Crippen LogP contribution in [-0.4, -0.2) is 126 Å². The van der Waals surface area contributed by atoms with Gasteiger partial charge < -0.3 is 42.6 Å². The van der Waals surface area contributed by atoms with E-state index >= 15 is 4.39 Å². The predicted molar refractivity (Wildman–Crippen MR) is 276 cm³/mol. The van der Waals surface area contributed by atoms with Crippen molar-refractivity contribution < 1.29 is 71.0 Å². The van der Waals surface area contributed by atoms with Crippen molar-refractivity contribution in [2.75, 3.05) is 19.9 Å². The fourth-order valence-electron chi connectivity index (χ4n) is 11.1. The summed E-state index contributed by atoms with van der Waals surface area (Å²) >= 11 is 0. The Morgan fingerprint density at radius 1 is 0.564 bits per heavy atom. The van der Waals surface area contributed by atoms with Gasteiger partial charge in [0.1, 0.15) is 55.4 Å². The van der Waals surface area contributed by atoms with Crippen molar-refractivity contribution in [3.63, 3.8) is 0 Å². The van der Waals surface area contributed by atoms with E-state index in [-0.39, 0.29) is 61.7 Å². The molecule has 6 aromatic rings. The van der Waals surface area contributed by atoms with Gasteiger partial charge in [0, 0.05) is 18.9 Å². The van der Waals surface area contributed by atoms with Crippen LogP contribution in [-0.2, 0) is 67.2 Å². The number of rotatable bonds is 19.